The van der Waals surface area contributed by atoms with E-state index in [4.69, 9.17) is 11.6 Å². The molecule has 0 aromatic carbocycles. The van der Waals surface area contributed by atoms with Crippen molar-refractivity contribution in [1.82, 2.24) is 14.9 Å². The van der Waals surface area contributed by atoms with E-state index in [2.05, 4.69) is 10.3 Å². The number of aromatic nitrogens is 2. The quantitative estimate of drug-likeness (QED) is 0.843. The molecule has 0 unspecified atom stereocenters. The normalized spacial score (nSPS) is 23.9. The van der Waals surface area contributed by atoms with Crippen LogP contribution in [0, 0.1) is 6.92 Å². The van der Waals surface area contributed by atoms with Gasteiger partial charge in [-0.15, -0.1) is 0 Å². The molecule has 2 aromatic rings. The second-order valence-corrected chi connectivity index (χ2v) is 5.33. The van der Waals surface area contributed by atoms with Crippen molar-refractivity contribution in [3.8, 4) is 0 Å². The molecular weight excluding hydrogens is 269 g/mol. The lowest BCUT2D eigenvalue weighted by Gasteiger charge is -2.28. The molecule has 102 valence electrons. The minimum Gasteiger partial charge on any atom is -0.353 e. The Kier molecular flexibility index (Phi) is 3.11. The van der Waals surface area contributed by atoms with Crippen LogP contribution in [-0.4, -0.2) is 28.8 Å². The first-order valence-corrected chi connectivity index (χ1v) is 6.71. The number of fused-ring (bicyclic) bond motifs is 1. The standard InChI is InChI=1S/C13H15ClFN3O/c1-7-11(14)8-3-5-18(13(19)12(8)17-7)10-2-4-16-6-9(10)15/h3,5,9-10,16-17H,2,4,6H2,1H3/t9-,10+/m0/s1. The number of alkyl halides is 1. The molecule has 0 aliphatic carbocycles. The average molecular weight is 284 g/mol. The Morgan fingerprint density at radius 2 is 2.32 bits per heavy atom. The van der Waals surface area contributed by atoms with Crippen LogP contribution in [0.5, 0.6) is 0 Å². The van der Waals surface area contributed by atoms with E-state index in [1.165, 1.54) is 4.57 Å². The highest BCUT2D eigenvalue weighted by Gasteiger charge is 2.27. The molecule has 1 saturated heterocycles. The topological polar surface area (TPSA) is 49.8 Å². The van der Waals surface area contributed by atoms with Crippen LogP contribution in [0.25, 0.3) is 10.9 Å². The van der Waals surface area contributed by atoms with Crippen molar-refractivity contribution in [2.45, 2.75) is 25.6 Å². The Bertz CT molecular complexity index is 678. The third-order valence-electron chi connectivity index (χ3n) is 3.73. The molecule has 4 nitrogen and oxygen atoms in total. The minimum atomic E-state index is -1.05. The lowest BCUT2D eigenvalue weighted by molar-refractivity contribution is 0.181. The summed E-state index contributed by atoms with van der Waals surface area (Å²) in [4.78, 5) is 15.4. The zero-order valence-electron chi connectivity index (χ0n) is 10.5. The number of rotatable bonds is 1. The second-order valence-electron chi connectivity index (χ2n) is 4.96. The lowest BCUT2D eigenvalue weighted by atomic mass is 10.0. The van der Waals surface area contributed by atoms with Crippen LogP contribution >= 0.6 is 11.6 Å². The van der Waals surface area contributed by atoms with Crippen molar-refractivity contribution in [2.24, 2.45) is 0 Å². The molecule has 19 heavy (non-hydrogen) atoms. The smallest absolute Gasteiger partial charge is 0.275 e. The molecule has 0 radical (unpaired) electrons. The van der Waals surface area contributed by atoms with E-state index in [1.807, 2.05) is 6.92 Å². The fourth-order valence-corrected chi connectivity index (χ4v) is 2.88. The van der Waals surface area contributed by atoms with Crippen LogP contribution in [0.3, 0.4) is 0 Å². The highest BCUT2D eigenvalue weighted by Crippen LogP contribution is 2.26. The van der Waals surface area contributed by atoms with E-state index in [-0.39, 0.29) is 5.56 Å². The molecule has 0 saturated carbocycles. The molecule has 0 bridgehead atoms. The van der Waals surface area contributed by atoms with E-state index in [1.54, 1.807) is 12.3 Å². The third kappa shape index (κ3) is 1.97. The monoisotopic (exact) mass is 283 g/mol. The van der Waals surface area contributed by atoms with Gasteiger partial charge in [-0.2, -0.15) is 0 Å². The number of hydrogen-bond donors (Lipinski definition) is 2. The minimum absolute atomic E-state index is 0.206. The van der Waals surface area contributed by atoms with Gasteiger partial charge in [0.2, 0.25) is 0 Å². The maximum absolute atomic E-state index is 13.9. The van der Waals surface area contributed by atoms with Gasteiger partial charge in [-0.3, -0.25) is 4.79 Å². The Hall–Kier alpha value is -1.33. The van der Waals surface area contributed by atoms with Crippen LogP contribution in [0.15, 0.2) is 17.1 Å². The van der Waals surface area contributed by atoms with Gasteiger partial charge in [-0.25, -0.2) is 4.39 Å². The molecule has 1 fully saturated rings. The van der Waals surface area contributed by atoms with Crippen molar-refractivity contribution in [1.29, 1.82) is 0 Å². The summed E-state index contributed by atoms with van der Waals surface area (Å²) in [5.41, 5.74) is 1.01. The number of hydrogen-bond acceptors (Lipinski definition) is 2. The van der Waals surface area contributed by atoms with E-state index in [9.17, 15) is 9.18 Å². The van der Waals surface area contributed by atoms with Crippen molar-refractivity contribution in [3.63, 3.8) is 0 Å². The first kappa shape index (κ1) is 12.7. The maximum atomic E-state index is 13.9. The number of aromatic amines is 1. The zero-order valence-corrected chi connectivity index (χ0v) is 11.3. The average Bonchev–Trinajstić information content (AvgIpc) is 2.69. The Morgan fingerprint density at radius 1 is 1.53 bits per heavy atom. The van der Waals surface area contributed by atoms with Crippen molar-refractivity contribution >= 4 is 22.5 Å². The van der Waals surface area contributed by atoms with Gasteiger partial charge in [-0.05, 0) is 26.0 Å². The SMILES string of the molecule is Cc1[nH]c2c(=O)n([C@@H]3CCNC[C@@H]3F)ccc2c1Cl. The van der Waals surface area contributed by atoms with Gasteiger partial charge >= 0.3 is 0 Å². The van der Waals surface area contributed by atoms with Gasteiger partial charge < -0.3 is 14.9 Å². The number of nitrogens with one attached hydrogen (secondary N) is 2. The number of aryl methyl sites for hydroxylation is 1. The molecular formula is C13H15ClFN3O. The number of pyridine rings is 1. The van der Waals surface area contributed by atoms with Gasteiger partial charge in [0.1, 0.15) is 11.7 Å². The third-order valence-corrected chi connectivity index (χ3v) is 4.22. The predicted molar refractivity (Wildman–Crippen MR) is 73.7 cm³/mol. The summed E-state index contributed by atoms with van der Waals surface area (Å²) in [5, 5.41) is 4.24. The fraction of sp³-hybridized carbons (Fsp3) is 0.462. The summed E-state index contributed by atoms with van der Waals surface area (Å²) < 4.78 is 15.4. The Morgan fingerprint density at radius 3 is 3.05 bits per heavy atom. The molecule has 2 aromatic heterocycles. The summed E-state index contributed by atoms with van der Waals surface area (Å²) in [6.45, 7) is 2.83. The van der Waals surface area contributed by atoms with Gasteiger partial charge in [0.15, 0.2) is 0 Å². The summed E-state index contributed by atoms with van der Waals surface area (Å²) in [5.74, 6) is 0. The summed E-state index contributed by atoms with van der Waals surface area (Å²) in [6.07, 6.45) is 1.21. The molecule has 2 atom stereocenters. The number of piperidine rings is 1. The summed E-state index contributed by atoms with van der Waals surface area (Å²) >= 11 is 6.12. The molecule has 2 N–H and O–H groups in total. The number of nitrogens with zero attached hydrogens (tertiary/aromatic N) is 1. The van der Waals surface area contributed by atoms with Crippen LogP contribution in [0.1, 0.15) is 18.2 Å². The van der Waals surface area contributed by atoms with Gasteiger partial charge in [0.25, 0.3) is 5.56 Å². The van der Waals surface area contributed by atoms with Gasteiger partial charge in [-0.1, -0.05) is 11.6 Å². The van der Waals surface area contributed by atoms with Crippen molar-refractivity contribution in [2.75, 3.05) is 13.1 Å². The molecule has 3 heterocycles. The van der Waals surface area contributed by atoms with Crippen molar-refractivity contribution in [3.05, 3.63) is 33.3 Å². The second kappa shape index (κ2) is 4.65. The summed E-state index contributed by atoms with van der Waals surface area (Å²) in [6, 6.07) is 1.37. The van der Waals surface area contributed by atoms with E-state index in [0.717, 1.165) is 12.2 Å². The van der Waals surface area contributed by atoms with Crippen LogP contribution in [-0.2, 0) is 0 Å². The molecule has 1 aliphatic heterocycles. The van der Waals surface area contributed by atoms with Gasteiger partial charge in [0, 0.05) is 23.8 Å². The highest BCUT2D eigenvalue weighted by molar-refractivity contribution is 6.36. The molecule has 0 amide bonds. The van der Waals surface area contributed by atoms with Crippen molar-refractivity contribution < 1.29 is 4.39 Å². The molecule has 6 heteroatoms. The Labute approximate surface area is 114 Å². The number of halogens is 2. The van der Waals surface area contributed by atoms with E-state index < -0.39 is 12.2 Å². The molecule has 1 aliphatic rings. The fourth-order valence-electron chi connectivity index (χ4n) is 2.68. The van der Waals surface area contributed by atoms with Crippen LogP contribution in [0.2, 0.25) is 5.02 Å². The van der Waals surface area contributed by atoms with E-state index >= 15 is 0 Å². The van der Waals surface area contributed by atoms with Crippen LogP contribution in [0.4, 0.5) is 4.39 Å². The largest absolute Gasteiger partial charge is 0.353 e. The maximum Gasteiger partial charge on any atom is 0.275 e. The predicted octanol–water partition coefficient (Wildman–Crippen LogP) is 2.16. The first-order valence-electron chi connectivity index (χ1n) is 6.33. The first-order chi connectivity index (χ1) is 9.09. The molecule has 0 spiro atoms. The highest BCUT2D eigenvalue weighted by atomic mass is 35.5. The summed E-state index contributed by atoms with van der Waals surface area (Å²) in [7, 11) is 0. The Balaban J connectivity index is 2.15. The zero-order chi connectivity index (χ0) is 13.6. The lowest BCUT2D eigenvalue weighted by Crippen LogP contribution is -2.42. The van der Waals surface area contributed by atoms with Crippen LogP contribution < -0.4 is 10.9 Å². The van der Waals surface area contributed by atoms with Gasteiger partial charge in [0.05, 0.1) is 11.1 Å². The number of H-pyrrole nitrogens is 1. The molecule has 3 rings (SSSR count). The van der Waals surface area contributed by atoms with E-state index in [0.29, 0.717) is 28.9 Å².